The van der Waals surface area contributed by atoms with Crippen molar-refractivity contribution in [1.82, 2.24) is 5.32 Å². The molecular formula is C41H39Br4ClF3N3O7. The van der Waals surface area contributed by atoms with Gasteiger partial charge in [0.25, 0.3) is 5.91 Å². The number of carboxylic acids is 2. The lowest BCUT2D eigenvalue weighted by Gasteiger charge is -2.28. The Labute approximate surface area is 377 Å². The van der Waals surface area contributed by atoms with Crippen molar-refractivity contribution < 1.29 is 47.2 Å². The fourth-order valence-electron chi connectivity index (χ4n) is 5.96. The van der Waals surface area contributed by atoms with E-state index in [-0.39, 0.29) is 19.1 Å². The topological polar surface area (TPSA) is 146 Å². The molecule has 2 fully saturated rings. The van der Waals surface area contributed by atoms with Crippen LogP contribution in [0.15, 0.2) is 78.6 Å². The van der Waals surface area contributed by atoms with Crippen LogP contribution in [0.3, 0.4) is 0 Å². The van der Waals surface area contributed by atoms with Gasteiger partial charge in [0.1, 0.15) is 31.3 Å². The summed E-state index contributed by atoms with van der Waals surface area (Å²) in [4.78, 5) is 33.4. The first-order valence-electron chi connectivity index (χ1n) is 18.4. The van der Waals surface area contributed by atoms with Gasteiger partial charge in [-0.15, -0.1) is 0 Å². The molecule has 0 heterocycles. The van der Waals surface area contributed by atoms with Gasteiger partial charge in [0.2, 0.25) is 0 Å². The number of amides is 1. The number of carbonyl (C=O) groups is 3. The van der Waals surface area contributed by atoms with E-state index in [4.69, 9.17) is 31.3 Å². The van der Waals surface area contributed by atoms with Gasteiger partial charge in [0.15, 0.2) is 0 Å². The van der Waals surface area contributed by atoms with E-state index >= 15 is 0 Å². The van der Waals surface area contributed by atoms with Crippen molar-refractivity contribution in [2.24, 2.45) is 0 Å². The van der Waals surface area contributed by atoms with Crippen LogP contribution in [0.2, 0.25) is 5.02 Å². The summed E-state index contributed by atoms with van der Waals surface area (Å²) in [5.74, 6) is -1.50. The van der Waals surface area contributed by atoms with Gasteiger partial charge in [-0.1, -0.05) is 11.6 Å². The third kappa shape index (κ3) is 14.3. The molecule has 4 aromatic rings. The Morgan fingerprint density at radius 2 is 1.17 bits per heavy atom. The molecule has 0 saturated heterocycles. The van der Waals surface area contributed by atoms with E-state index in [9.17, 15) is 27.6 Å². The van der Waals surface area contributed by atoms with Crippen molar-refractivity contribution in [3.63, 3.8) is 0 Å². The van der Waals surface area contributed by atoms with Gasteiger partial charge in [-0.2, -0.15) is 13.2 Å². The average molecular weight is 1100 g/mol. The summed E-state index contributed by atoms with van der Waals surface area (Å²) in [6.07, 6.45) is 2.50. The fourth-order valence-corrected chi connectivity index (χ4v) is 9.14. The number of rotatable bonds is 16. The Hall–Kier alpha value is -3.51. The van der Waals surface area contributed by atoms with E-state index in [0.29, 0.717) is 70.3 Å². The minimum Gasteiger partial charge on any atom is -0.487 e. The highest BCUT2D eigenvalue weighted by molar-refractivity contribution is 9.11. The molecule has 2 aliphatic carbocycles. The third-order valence-corrected chi connectivity index (χ3v) is 11.9. The second-order valence-electron chi connectivity index (χ2n) is 14.0. The quantitative estimate of drug-likeness (QED) is 0.0740. The molecule has 1 amide bonds. The predicted molar refractivity (Wildman–Crippen MR) is 234 cm³/mol. The number of carbonyl (C=O) groups excluding carboxylic acids is 1. The number of halogens is 8. The molecule has 2 aliphatic rings. The molecule has 0 radical (unpaired) electrons. The van der Waals surface area contributed by atoms with Crippen LogP contribution < -0.4 is 25.4 Å². The standard InChI is InChI=1S/C21H20Br2F3NO3.C20H19Br2ClN2O4/c22-17-8-12(4-5-19(28)29)9-18(23)20(17)30-11-13-6-14(21(24,25)26)10-16(7-13)27-15-2-1-3-15;21-16-6-12(20(28)24-9-18(26)27)7-17(22)19(16)29-10-11-4-13(23)8-15(5-11)25-14-2-1-3-14/h6-10,15,27H,1-5,11H2,(H,28,29);4-8,14,25H,1-3,9-10H2,(H,24,28)(H,26,27). The molecule has 0 unspecified atom stereocenters. The number of benzene rings is 4. The van der Waals surface area contributed by atoms with Crippen molar-refractivity contribution in [1.29, 1.82) is 0 Å². The zero-order valence-corrected chi connectivity index (χ0v) is 38.3. The van der Waals surface area contributed by atoms with E-state index < -0.39 is 36.1 Å². The second kappa shape index (κ2) is 21.3. The molecule has 18 heteroatoms. The maximum absolute atomic E-state index is 13.3. The predicted octanol–water partition coefficient (Wildman–Crippen LogP) is 12.0. The Balaban J connectivity index is 0.000000224. The molecule has 10 nitrogen and oxygen atoms in total. The van der Waals surface area contributed by atoms with Crippen molar-refractivity contribution in [3.8, 4) is 11.5 Å². The number of aryl methyl sites for hydroxylation is 1. The first-order chi connectivity index (χ1) is 27.9. The number of aliphatic carboxylic acids is 2. The van der Waals surface area contributed by atoms with E-state index in [1.807, 2.05) is 18.2 Å². The van der Waals surface area contributed by atoms with Gasteiger partial charge in [0.05, 0.1) is 23.5 Å². The van der Waals surface area contributed by atoms with Gasteiger partial charge in [-0.25, -0.2) is 0 Å². The smallest absolute Gasteiger partial charge is 0.416 e. The first-order valence-corrected chi connectivity index (χ1v) is 22.0. The van der Waals surface area contributed by atoms with Crippen LogP contribution in [-0.4, -0.2) is 46.7 Å². The lowest BCUT2D eigenvalue weighted by molar-refractivity contribution is -0.138. The minimum atomic E-state index is -4.45. The molecule has 6 rings (SSSR count). The molecular weight excluding hydrogens is 1060 g/mol. The van der Waals surface area contributed by atoms with E-state index in [2.05, 4.69) is 79.7 Å². The van der Waals surface area contributed by atoms with Crippen LogP contribution in [0.5, 0.6) is 11.5 Å². The molecule has 316 valence electrons. The maximum atomic E-state index is 13.3. The average Bonchev–Trinajstić information content (AvgIpc) is 3.11. The molecule has 59 heavy (non-hydrogen) atoms. The molecule has 5 N–H and O–H groups in total. The molecule has 0 aliphatic heterocycles. The highest BCUT2D eigenvalue weighted by atomic mass is 79.9. The van der Waals surface area contributed by atoms with Gasteiger partial charge in [0, 0.05) is 40.5 Å². The number of nitrogens with one attached hydrogen (secondary N) is 3. The van der Waals surface area contributed by atoms with Crippen LogP contribution in [0.1, 0.15) is 77.6 Å². The summed E-state index contributed by atoms with van der Waals surface area (Å²) >= 11 is 19.9. The Morgan fingerprint density at radius 1 is 0.678 bits per heavy atom. The van der Waals surface area contributed by atoms with Gasteiger partial charge < -0.3 is 35.6 Å². The molecule has 0 aromatic heterocycles. The zero-order valence-electron chi connectivity index (χ0n) is 31.2. The number of carboxylic acid groups (broad SMARTS) is 2. The Kier molecular flexibility index (Phi) is 16.8. The number of hydrogen-bond donors (Lipinski definition) is 5. The second-order valence-corrected chi connectivity index (χ2v) is 17.9. The van der Waals surface area contributed by atoms with Gasteiger partial charge in [-0.05, 0) is 186 Å². The van der Waals surface area contributed by atoms with Crippen molar-refractivity contribution >= 4 is 105 Å². The van der Waals surface area contributed by atoms with Crippen LogP contribution in [0.25, 0.3) is 0 Å². The minimum absolute atomic E-state index is 0.0000886. The maximum Gasteiger partial charge on any atom is 0.416 e. The molecule has 0 bridgehead atoms. The lowest BCUT2D eigenvalue weighted by atomic mass is 9.93. The van der Waals surface area contributed by atoms with Crippen molar-refractivity contribution in [2.75, 3.05) is 17.2 Å². The summed E-state index contributed by atoms with van der Waals surface area (Å²) in [6, 6.07) is 17.0. The molecule has 0 spiro atoms. The molecule has 0 atom stereocenters. The number of anilines is 2. The van der Waals surface area contributed by atoms with E-state index in [0.717, 1.165) is 48.2 Å². The van der Waals surface area contributed by atoms with Crippen LogP contribution in [0.4, 0.5) is 24.5 Å². The zero-order chi connectivity index (χ0) is 42.9. The van der Waals surface area contributed by atoms with E-state index in [1.54, 1.807) is 30.3 Å². The first kappa shape index (κ1) is 46.6. The summed E-state index contributed by atoms with van der Waals surface area (Å²) in [6.45, 7) is -0.199. The van der Waals surface area contributed by atoms with Crippen molar-refractivity contribution in [3.05, 3.63) is 111 Å². The Morgan fingerprint density at radius 3 is 1.63 bits per heavy atom. The third-order valence-electron chi connectivity index (χ3n) is 9.34. The van der Waals surface area contributed by atoms with Crippen molar-refractivity contribution in [2.45, 2.75) is 82.8 Å². The fraction of sp³-hybridized carbons (Fsp3) is 0.341. The lowest BCUT2D eigenvalue weighted by Crippen LogP contribution is -2.29. The highest BCUT2D eigenvalue weighted by Crippen LogP contribution is 2.38. The summed E-state index contributed by atoms with van der Waals surface area (Å²) < 4.78 is 54.0. The highest BCUT2D eigenvalue weighted by Gasteiger charge is 2.32. The van der Waals surface area contributed by atoms with Crippen LogP contribution in [0, 0.1) is 0 Å². The summed E-state index contributed by atoms with van der Waals surface area (Å²) in [5, 5.41) is 27.1. The Bertz CT molecular complexity index is 2130. The number of ether oxygens (including phenoxy) is 2. The van der Waals surface area contributed by atoms with Gasteiger partial charge >= 0.3 is 18.1 Å². The number of hydrogen-bond acceptors (Lipinski definition) is 7. The van der Waals surface area contributed by atoms with Crippen LogP contribution in [-0.2, 0) is 35.4 Å². The molecule has 2 saturated carbocycles. The monoisotopic (exact) mass is 1090 g/mol. The van der Waals surface area contributed by atoms with Gasteiger partial charge in [-0.3, -0.25) is 14.4 Å². The SMILES string of the molecule is O=C(O)CCc1cc(Br)c(OCc2cc(NC3CCC3)cc(C(F)(F)F)c2)c(Br)c1.O=C(O)CNC(=O)c1cc(Br)c(OCc2cc(Cl)cc(NC3CCC3)c2)c(Br)c1. The summed E-state index contributed by atoms with van der Waals surface area (Å²) in [7, 11) is 0. The molecule has 4 aromatic carbocycles. The summed E-state index contributed by atoms with van der Waals surface area (Å²) in [5.41, 5.74) is 3.13. The van der Waals surface area contributed by atoms with Crippen LogP contribution >= 0.6 is 75.3 Å². The number of alkyl halides is 3. The normalized spacial score (nSPS) is 13.9. The van der Waals surface area contributed by atoms with E-state index in [1.165, 1.54) is 19.3 Å². The largest absolute Gasteiger partial charge is 0.487 e.